The molecule has 20 heavy (non-hydrogen) atoms. The molecule has 1 fully saturated rings. The van der Waals surface area contributed by atoms with Crippen molar-refractivity contribution in [3.05, 3.63) is 28.2 Å². The fraction of sp³-hybridized carbons (Fsp3) is 0.600. The maximum Gasteiger partial charge on any atom is 0.139 e. The van der Waals surface area contributed by atoms with Crippen LogP contribution in [0.3, 0.4) is 0 Å². The summed E-state index contributed by atoms with van der Waals surface area (Å²) >= 11 is 11.9. The Morgan fingerprint density at radius 1 is 1.40 bits per heavy atom. The van der Waals surface area contributed by atoms with Gasteiger partial charge in [-0.2, -0.15) is 0 Å². The van der Waals surface area contributed by atoms with Gasteiger partial charge < -0.3 is 9.84 Å². The van der Waals surface area contributed by atoms with Gasteiger partial charge in [-0.25, -0.2) is 0 Å². The number of likely N-dealkylation sites (tertiary alicyclic amines) is 1. The summed E-state index contributed by atoms with van der Waals surface area (Å²) in [6.07, 6.45) is 3.17. The van der Waals surface area contributed by atoms with Gasteiger partial charge in [0.15, 0.2) is 0 Å². The maximum absolute atomic E-state index is 10.1. The van der Waals surface area contributed by atoms with Crippen LogP contribution in [0.2, 0.25) is 10.0 Å². The molecular weight excluding hydrogens is 297 g/mol. The molecule has 0 saturated carbocycles. The number of hydrogen-bond acceptors (Lipinski definition) is 3. The second kappa shape index (κ2) is 7.51. The smallest absolute Gasteiger partial charge is 0.139 e. The van der Waals surface area contributed by atoms with Crippen molar-refractivity contribution in [2.24, 2.45) is 0 Å². The lowest BCUT2D eigenvalue weighted by Crippen LogP contribution is -2.43. The van der Waals surface area contributed by atoms with Crippen molar-refractivity contribution < 1.29 is 9.84 Å². The van der Waals surface area contributed by atoms with Gasteiger partial charge in [0.05, 0.1) is 5.02 Å². The van der Waals surface area contributed by atoms with Crippen LogP contribution in [0.1, 0.15) is 26.2 Å². The Morgan fingerprint density at radius 3 is 2.95 bits per heavy atom. The summed E-state index contributed by atoms with van der Waals surface area (Å²) in [5.74, 6) is 0.518. The minimum Gasteiger partial charge on any atom is -0.489 e. The Kier molecular flexibility index (Phi) is 5.97. The van der Waals surface area contributed by atoms with Gasteiger partial charge >= 0.3 is 0 Å². The highest BCUT2D eigenvalue weighted by Gasteiger charge is 2.21. The van der Waals surface area contributed by atoms with E-state index in [9.17, 15) is 5.11 Å². The molecule has 1 aromatic carbocycles. The average Bonchev–Trinajstić information content (AvgIpc) is 2.42. The van der Waals surface area contributed by atoms with E-state index in [2.05, 4.69) is 11.8 Å². The van der Waals surface area contributed by atoms with Gasteiger partial charge in [0.25, 0.3) is 0 Å². The number of nitrogens with zero attached hydrogens (tertiary/aromatic N) is 1. The number of ether oxygens (including phenoxy) is 1. The zero-order chi connectivity index (χ0) is 14.5. The van der Waals surface area contributed by atoms with Crippen LogP contribution in [-0.2, 0) is 0 Å². The predicted octanol–water partition coefficient (Wildman–Crippen LogP) is 3.61. The van der Waals surface area contributed by atoms with E-state index in [1.807, 2.05) is 0 Å². The van der Waals surface area contributed by atoms with Crippen molar-refractivity contribution in [2.45, 2.75) is 38.3 Å². The van der Waals surface area contributed by atoms with Crippen LogP contribution in [0.15, 0.2) is 18.2 Å². The number of rotatable bonds is 5. The number of halogens is 2. The molecule has 2 rings (SSSR count). The lowest BCUT2D eigenvalue weighted by atomic mass is 10.0. The first kappa shape index (κ1) is 15.9. The zero-order valence-electron chi connectivity index (χ0n) is 11.7. The fourth-order valence-electron chi connectivity index (χ4n) is 2.53. The third kappa shape index (κ3) is 4.52. The van der Waals surface area contributed by atoms with Crippen molar-refractivity contribution in [2.75, 3.05) is 19.7 Å². The minimum absolute atomic E-state index is 0.225. The van der Waals surface area contributed by atoms with Gasteiger partial charge in [0.2, 0.25) is 0 Å². The van der Waals surface area contributed by atoms with Gasteiger partial charge in [-0.1, -0.05) is 29.6 Å². The van der Waals surface area contributed by atoms with Crippen molar-refractivity contribution in [3.8, 4) is 5.75 Å². The van der Waals surface area contributed by atoms with Gasteiger partial charge in [-0.05, 0) is 38.4 Å². The SMILES string of the molecule is C[C@H]1CCCCN1C[C@H](O)COc1cc(Cl)ccc1Cl. The van der Waals surface area contributed by atoms with Gasteiger partial charge in [0.1, 0.15) is 18.5 Å². The highest BCUT2D eigenvalue weighted by atomic mass is 35.5. The number of benzene rings is 1. The van der Waals surface area contributed by atoms with Crippen LogP contribution in [0, 0.1) is 0 Å². The first-order valence-corrected chi connectivity index (χ1v) is 7.82. The molecule has 0 amide bonds. The minimum atomic E-state index is -0.523. The van der Waals surface area contributed by atoms with Crippen LogP contribution in [-0.4, -0.2) is 41.8 Å². The molecule has 0 radical (unpaired) electrons. The molecule has 0 aliphatic carbocycles. The van der Waals surface area contributed by atoms with Crippen LogP contribution in [0.5, 0.6) is 5.75 Å². The molecule has 0 spiro atoms. The third-order valence-electron chi connectivity index (χ3n) is 3.71. The van der Waals surface area contributed by atoms with Crippen LogP contribution in [0.25, 0.3) is 0 Å². The van der Waals surface area contributed by atoms with E-state index >= 15 is 0 Å². The molecule has 3 nitrogen and oxygen atoms in total. The van der Waals surface area contributed by atoms with Gasteiger partial charge in [-0.15, -0.1) is 0 Å². The number of piperidine rings is 1. The number of β-amino-alcohol motifs (C(OH)–C–C–N with tert-alkyl or cyclic N) is 1. The highest BCUT2D eigenvalue weighted by molar-refractivity contribution is 6.34. The summed E-state index contributed by atoms with van der Waals surface area (Å²) in [5.41, 5.74) is 0. The molecule has 1 aliphatic heterocycles. The normalized spacial score (nSPS) is 21.7. The van der Waals surface area contributed by atoms with Crippen molar-refractivity contribution in [3.63, 3.8) is 0 Å². The first-order valence-electron chi connectivity index (χ1n) is 7.06. The van der Waals surface area contributed by atoms with E-state index in [1.54, 1.807) is 18.2 Å². The van der Waals surface area contributed by atoms with Crippen LogP contribution in [0.4, 0.5) is 0 Å². The van der Waals surface area contributed by atoms with Crippen molar-refractivity contribution in [1.82, 2.24) is 4.90 Å². The Hall–Kier alpha value is -0.480. The molecule has 5 heteroatoms. The monoisotopic (exact) mass is 317 g/mol. The third-order valence-corrected chi connectivity index (χ3v) is 4.26. The average molecular weight is 318 g/mol. The van der Waals surface area contributed by atoms with Gasteiger partial charge in [0, 0.05) is 23.7 Å². The molecule has 1 heterocycles. The number of hydrogen-bond donors (Lipinski definition) is 1. The Balaban J connectivity index is 1.82. The van der Waals surface area contributed by atoms with E-state index in [0.29, 0.717) is 28.4 Å². The zero-order valence-corrected chi connectivity index (χ0v) is 13.2. The topological polar surface area (TPSA) is 32.7 Å². The summed E-state index contributed by atoms with van der Waals surface area (Å²) in [5, 5.41) is 11.2. The Bertz CT molecular complexity index is 442. The van der Waals surface area contributed by atoms with Crippen molar-refractivity contribution >= 4 is 23.2 Å². The second-order valence-electron chi connectivity index (χ2n) is 5.38. The maximum atomic E-state index is 10.1. The lowest BCUT2D eigenvalue weighted by Gasteiger charge is -2.34. The second-order valence-corrected chi connectivity index (χ2v) is 6.22. The molecule has 0 aromatic heterocycles. The molecule has 1 saturated heterocycles. The summed E-state index contributed by atoms with van der Waals surface area (Å²) in [6.45, 7) is 4.12. The molecule has 2 atom stereocenters. The molecule has 1 aliphatic rings. The standard InChI is InChI=1S/C15H21Cl2NO2/c1-11-4-2-3-7-18(11)9-13(19)10-20-15-8-12(16)5-6-14(15)17/h5-6,8,11,13,19H,2-4,7,9-10H2,1H3/t11-,13-/m0/s1. The van der Waals surface area contributed by atoms with E-state index in [1.165, 1.54) is 19.3 Å². The fourth-order valence-corrected chi connectivity index (χ4v) is 2.86. The lowest BCUT2D eigenvalue weighted by molar-refractivity contribution is 0.0438. The Labute approximate surface area is 130 Å². The van der Waals surface area contributed by atoms with Crippen LogP contribution >= 0.6 is 23.2 Å². The first-order chi connectivity index (χ1) is 9.56. The highest BCUT2D eigenvalue weighted by Crippen LogP contribution is 2.27. The van der Waals surface area contributed by atoms with E-state index in [0.717, 1.165) is 6.54 Å². The predicted molar refractivity (Wildman–Crippen MR) is 82.8 cm³/mol. The number of aliphatic hydroxyl groups excluding tert-OH is 1. The molecule has 112 valence electrons. The summed E-state index contributed by atoms with van der Waals surface area (Å²) in [4.78, 5) is 2.32. The Morgan fingerprint density at radius 2 is 2.20 bits per heavy atom. The molecule has 1 aromatic rings. The van der Waals surface area contributed by atoms with E-state index in [-0.39, 0.29) is 6.61 Å². The quantitative estimate of drug-likeness (QED) is 0.900. The summed E-state index contributed by atoms with van der Waals surface area (Å²) in [7, 11) is 0. The molecule has 1 N–H and O–H groups in total. The number of aliphatic hydroxyl groups is 1. The van der Waals surface area contributed by atoms with Crippen molar-refractivity contribution in [1.29, 1.82) is 0 Å². The molecule has 0 bridgehead atoms. The molecular formula is C15H21Cl2NO2. The molecule has 0 unspecified atom stereocenters. The summed E-state index contributed by atoms with van der Waals surface area (Å²) < 4.78 is 5.56. The summed E-state index contributed by atoms with van der Waals surface area (Å²) in [6, 6.07) is 5.61. The van der Waals surface area contributed by atoms with Crippen LogP contribution < -0.4 is 4.74 Å². The van der Waals surface area contributed by atoms with E-state index in [4.69, 9.17) is 27.9 Å². The van der Waals surface area contributed by atoms with E-state index < -0.39 is 6.10 Å². The van der Waals surface area contributed by atoms with Gasteiger partial charge in [-0.3, -0.25) is 4.90 Å². The largest absolute Gasteiger partial charge is 0.489 e.